The lowest BCUT2D eigenvalue weighted by Gasteiger charge is -2.10. The normalized spacial score (nSPS) is 10.4. The molecule has 1 N–H and O–H groups in total. The maximum atomic E-state index is 12.1. The molecule has 0 unspecified atom stereocenters. The molecule has 0 aliphatic heterocycles. The molecule has 0 aliphatic carbocycles. The zero-order valence-corrected chi connectivity index (χ0v) is 15.2. The van der Waals surface area contributed by atoms with Gasteiger partial charge in [0.15, 0.2) is 0 Å². The van der Waals surface area contributed by atoms with Gasteiger partial charge in [-0.1, -0.05) is 23.7 Å². The summed E-state index contributed by atoms with van der Waals surface area (Å²) in [5, 5.41) is 3.16. The fraction of sp³-hybridized carbons (Fsp3) is 0.150. The van der Waals surface area contributed by atoms with Crippen LogP contribution in [-0.4, -0.2) is 15.5 Å². The molecule has 2 aromatic heterocycles. The summed E-state index contributed by atoms with van der Waals surface area (Å²) in [7, 11) is 0. The first-order valence-corrected chi connectivity index (χ1v) is 8.77. The van der Waals surface area contributed by atoms with Crippen molar-refractivity contribution in [2.24, 2.45) is 0 Å². The first-order valence-electron chi connectivity index (χ1n) is 8.39. The van der Waals surface area contributed by atoms with Crippen LogP contribution in [0.1, 0.15) is 12.1 Å². The second kappa shape index (κ2) is 9.00. The highest BCUT2D eigenvalue weighted by Crippen LogP contribution is 2.28. The Balaban J connectivity index is 1.54. The fourth-order valence-electron chi connectivity index (χ4n) is 2.42. The summed E-state index contributed by atoms with van der Waals surface area (Å²) >= 11 is 6.23. The van der Waals surface area contributed by atoms with Crippen molar-refractivity contribution >= 4 is 23.2 Å². The first-order chi connectivity index (χ1) is 13.1. The lowest BCUT2D eigenvalue weighted by molar-refractivity contribution is -0.116. The van der Waals surface area contributed by atoms with Gasteiger partial charge in [-0.2, -0.15) is 0 Å². The maximum Gasteiger partial charge on any atom is 0.250 e. The summed E-state index contributed by atoms with van der Waals surface area (Å²) in [5.74, 6) is 0.306. The lowest BCUT2D eigenvalue weighted by atomic mass is 10.2. The number of aryl methyl sites for hydroxylation is 1. The quantitative estimate of drug-likeness (QED) is 0.677. The molecular formula is C20H18ClN3O3. The summed E-state index contributed by atoms with van der Waals surface area (Å²) in [6, 6.07) is 15.5. The van der Waals surface area contributed by atoms with Crippen LogP contribution in [0.2, 0.25) is 5.02 Å². The van der Waals surface area contributed by atoms with Crippen molar-refractivity contribution in [3.8, 4) is 5.75 Å². The number of rotatable bonds is 7. The third-order valence-corrected chi connectivity index (χ3v) is 4.09. The molecule has 0 atom stereocenters. The summed E-state index contributed by atoms with van der Waals surface area (Å²) in [5.41, 5.74) is 1.22. The lowest BCUT2D eigenvalue weighted by Crippen LogP contribution is -2.21. The minimum absolute atomic E-state index is 0.136. The Morgan fingerprint density at radius 1 is 1.15 bits per heavy atom. The third-order valence-electron chi connectivity index (χ3n) is 3.80. The molecule has 0 bridgehead atoms. The highest BCUT2D eigenvalue weighted by atomic mass is 35.5. The Labute approximate surface area is 161 Å². The number of hydrogen-bond donors (Lipinski definition) is 1. The number of halogens is 1. The van der Waals surface area contributed by atoms with E-state index in [1.54, 1.807) is 42.7 Å². The van der Waals surface area contributed by atoms with E-state index in [0.29, 0.717) is 29.6 Å². The summed E-state index contributed by atoms with van der Waals surface area (Å²) < 4.78 is 7.14. The van der Waals surface area contributed by atoms with Crippen LogP contribution in [0.15, 0.2) is 71.8 Å². The van der Waals surface area contributed by atoms with E-state index < -0.39 is 0 Å². The Morgan fingerprint density at radius 3 is 2.74 bits per heavy atom. The molecule has 27 heavy (non-hydrogen) atoms. The number of anilines is 1. The summed E-state index contributed by atoms with van der Waals surface area (Å²) in [6.45, 7) is 0.614. The second-order valence-electron chi connectivity index (χ2n) is 5.79. The number of carbonyl (C=O) groups excluding carboxylic acids is 1. The first kappa shape index (κ1) is 18.7. The van der Waals surface area contributed by atoms with Gasteiger partial charge in [-0.05, 0) is 36.4 Å². The van der Waals surface area contributed by atoms with Crippen LogP contribution in [0, 0.1) is 0 Å². The number of benzene rings is 1. The highest BCUT2D eigenvalue weighted by molar-refractivity contribution is 6.32. The van der Waals surface area contributed by atoms with Gasteiger partial charge in [-0.25, -0.2) is 0 Å². The molecular weight excluding hydrogens is 366 g/mol. The molecule has 6 nitrogen and oxygen atoms in total. The molecule has 0 radical (unpaired) electrons. The minimum atomic E-state index is -0.205. The summed E-state index contributed by atoms with van der Waals surface area (Å²) in [6.07, 6.45) is 3.53. The molecule has 0 aliphatic rings. The standard InChI is InChI=1S/C20H18ClN3O3/c21-17-13-15(7-8-18(17)27-14-16-5-1-3-10-22-16)23-19(25)9-12-24-11-4-2-6-20(24)26/h1-8,10-11,13H,9,12,14H2,(H,23,25). The van der Waals surface area contributed by atoms with E-state index in [0.717, 1.165) is 5.69 Å². The van der Waals surface area contributed by atoms with Crippen LogP contribution < -0.4 is 15.6 Å². The molecule has 3 rings (SSSR count). The fourth-order valence-corrected chi connectivity index (χ4v) is 2.66. The van der Waals surface area contributed by atoms with Gasteiger partial charge in [0.2, 0.25) is 5.91 Å². The average molecular weight is 384 g/mol. The van der Waals surface area contributed by atoms with E-state index >= 15 is 0 Å². The monoisotopic (exact) mass is 383 g/mol. The van der Waals surface area contributed by atoms with Crippen molar-refractivity contribution in [3.05, 3.63) is 88.1 Å². The molecule has 3 aromatic rings. The predicted molar refractivity (Wildman–Crippen MR) is 104 cm³/mol. The van der Waals surface area contributed by atoms with Crippen LogP contribution in [-0.2, 0) is 17.9 Å². The van der Waals surface area contributed by atoms with E-state index in [1.165, 1.54) is 10.6 Å². The smallest absolute Gasteiger partial charge is 0.250 e. The van der Waals surface area contributed by atoms with E-state index in [1.807, 2.05) is 18.2 Å². The molecule has 0 fully saturated rings. The van der Waals surface area contributed by atoms with Crippen molar-refractivity contribution < 1.29 is 9.53 Å². The molecule has 1 aromatic carbocycles. The molecule has 0 saturated heterocycles. The van der Waals surface area contributed by atoms with Gasteiger partial charge in [0.05, 0.1) is 10.7 Å². The largest absolute Gasteiger partial charge is 0.486 e. The van der Waals surface area contributed by atoms with Gasteiger partial charge < -0.3 is 14.6 Å². The van der Waals surface area contributed by atoms with Gasteiger partial charge in [-0.15, -0.1) is 0 Å². The topological polar surface area (TPSA) is 73.2 Å². The molecule has 7 heteroatoms. The van der Waals surface area contributed by atoms with Crippen molar-refractivity contribution in [3.63, 3.8) is 0 Å². The Morgan fingerprint density at radius 2 is 2.00 bits per heavy atom. The minimum Gasteiger partial charge on any atom is -0.486 e. The van der Waals surface area contributed by atoms with Crippen molar-refractivity contribution in [1.29, 1.82) is 0 Å². The predicted octanol–water partition coefficient (Wildman–Crippen LogP) is 3.50. The third kappa shape index (κ3) is 5.43. The van der Waals surface area contributed by atoms with Gasteiger partial charge in [0.1, 0.15) is 12.4 Å². The second-order valence-corrected chi connectivity index (χ2v) is 6.19. The number of aromatic nitrogens is 2. The van der Waals surface area contributed by atoms with Gasteiger partial charge in [0.25, 0.3) is 5.56 Å². The zero-order valence-electron chi connectivity index (χ0n) is 14.5. The van der Waals surface area contributed by atoms with Crippen LogP contribution in [0.25, 0.3) is 0 Å². The zero-order chi connectivity index (χ0) is 19.1. The van der Waals surface area contributed by atoms with Crippen LogP contribution in [0.4, 0.5) is 5.69 Å². The molecule has 1 amide bonds. The van der Waals surface area contributed by atoms with Gasteiger partial charge >= 0.3 is 0 Å². The van der Waals surface area contributed by atoms with Crippen molar-refractivity contribution in [2.45, 2.75) is 19.6 Å². The highest BCUT2D eigenvalue weighted by Gasteiger charge is 2.08. The number of amides is 1. The van der Waals surface area contributed by atoms with Crippen LogP contribution in [0.3, 0.4) is 0 Å². The van der Waals surface area contributed by atoms with Gasteiger partial charge in [-0.3, -0.25) is 14.6 Å². The Hall–Kier alpha value is -3.12. The Bertz CT molecular complexity index is 973. The van der Waals surface area contributed by atoms with E-state index in [4.69, 9.17) is 16.3 Å². The number of pyridine rings is 2. The number of ether oxygens (including phenoxy) is 1. The summed E-state index contributed by atoms with van der Waals surface area (Å²) in [4.78, 5) is 27.9. The number of carbonyl (C=O) groups is 1. The van der Waals surface area contributed by atoms with Gasteiger partial charge in [0, 0.05) is 37.1 Å². The number of nitrogens with one attached hydrogen (secondary N) is 1. The SMILES string of the molecule is O=C(CCn1ccccc1=O)Nc1ccc(OCc2ccccn2)c(Cl)c1. The van der Waals surface area contributed by atoms with E-state index in [2.05, 4.69) is 10.3 Å². The number of nitrogens with zero attached hydrogens (tertiary/aromatic N) is 2. The molecule has 0 spiro atoms. The van der Waals surface area contributed by atoms with E-state index in [-0.39, 0.29) is 17.9 Å². The number of hydrogen-bond acceptors (Lipinski definition) is 4. The van der Waals surface area contributed by atoms with Crippen LogP contribution in [0.5, 0.6) is 5.75 Å². The van der Waals surface area contributed by atoms with E-state index in [9.17, 15) is 9.59 Å². The Kier molecular flexibility index (Phi) is 6.22. The maximum absolute atomic E-state index is 12.1. The molecule has 0 saturated carbocycles. The van der Waals surface area contributed by atoms with Crippen molar-refractivity contribution in [1.82, 2.24) is 9.55 Å². The molecule has 138 valence electrons. The molecule has 2 heterocycles. The van der Waals surface area contributed by atoms with Crippen molar-refractivity contribution in [2.75, 3.05) is 5.32 Å². The van der Waals surface area contributed by atoms with Crippen LogP contribution >= 0.6 is 11.6 Å². The average Bonchev–Trinajstić information content (AvgIpc) is 2.67.